The maximum Gasteiger partial charge on any atom is 0.356 e. The lowest BCUT2D eigenvalue weighted by molar-refractivity contribution is 0.0594. The van der Waals surface area contributed by atoms with Gasteiger partial charge in [0.1, 0.15) is 5.75 Å². The Morgan fingerprint density at radius 1 is 1.13 bits per heavy atom. The maximum atomic E-state index is 11.6. The zero-order chi connectivity index (χ0) is 16.4. The lowest BCUT2D eigenvalue weighted by Gasteiger charge is -2.08. The van der Waals surface area contributed by atoms with E-state index in [1.807, 2.05) is 36.4 Å². The second-order valence-electron chi connectivity index (χ2n) is 5.15. The molecule has 116 valence electrons. The molecule has 0 spiro atoms. The molecule has 2 aromatic carbocycles. The minimum atomic E-state index is -0.580. The molecule has 5 heteroatoms. The lowest BCUT2D eigenvalue weighted by Crippen LogP contribution is -2.04. The minimum absolute atomic E-state index is 0.00386. The number of benzene rings is 2. The van der Waals surface area contributed by atoms with E-state index in [9.17, 15) is 9.90 Å². The number of fused-ring (bicyclic) bond motifs is 1. The van der Waals surface area contributed by atoms with E-state index < -0.39 is 5.97 Å². The number of aromatic nitrogens is 1. The van der Waals surface area contributed by atoms with Gasteiger partial charge in [0.2, 0.25) is 0 Å². The van der Waals surface area contributed by atoms with Crippen LogP contribution < -0.4 is 5.73 Å². The first-order valence-electron chi connectivity index (χ1n) is 7.14. The van der Waals surface area contributed by atoms with E-state index in [2.05, 4.69) is 9.72 Å². The summed E-state index contributed by atoms with van der Waals surface area (Å²) in [5, 5.41) is 10.8. The molecular formula is C18H16N2O3. The Morgan fingerprint density at radius 3 is 2.48 bits per heavy atom. The first-order chi connectivity index (χ1) is 11.1. The molecule has 0 atom stereocenters. The molecule has 23 heavy (non-hydrogen) atoms. The van der Waals surface area contributed by atoms with E-state index in [0.717, 1.165) is 16.7 Å². The molecule has 3 N–H and O–H groups in total. The summed E-state index contributed by atoms with van der Waals surface area (Å²) in [6.45, 7) is 0.499. The van der Waals surface area contributed by atoms with Crippen LogP contribution in [0.3, 0.4) is 0 Å². The summed E-state index contributed by atoms with van der Waals surface area (Å²) in [7, 11) is 1.28. The zero-order valence-corrected chi connectivity index (χ0v) is 12.6. The number of carbonyl (C=O) groups is 1. The third-order valence-electron chi connectivity index (χ3n) is 3.70. The van der Waals surface area contributed by atoms with Gasteiger partial charge < -0.3 is 15.6 Å². The summed E-state index contributed by atoms with van der Waals surface area (Å²) in [6.07, 6.45) is 0. The Bertz CT molecular complexity index is 873. The number of methoxy groups -OCH3 is 1. The van der Waals surface area contributed by atoms with Gasteiger partial charge in [0.05, 0.1) is 12.6 Å². The molecular weight excluding hydrogens is 292 g/mol. The minimum Gasteiger partial charge on any atom is -0.507 e. The van der Waals surface area contributed by atoms with Gasteiger partial charge in [-0.1, -0.05) is 30.3 Å². The van der Waals surface area contributed by atoms with Crippen molar-refractivity contribution >= 4 is 16.9 Å². The van der Waals surface area contributed by atoms with Crippen LogP contribution in [0.1, 0.15) is 16.1 Å². The highest BCUT2D eigenvalue weighted by Crippen LogP contribution is 2.30. The van der Waals surface area contributed by atoms with Crippen LogP contribution in [0.25, 0.3) is 22.0 Å². The number of nitrogens with two attached hydrogens (primary N) is 1. The van der Waals surface area contributed by atoms with Crippen LogP contribution in [-0.4, -0.2) is 23.2 Å². The highest BCUT2D eigenvalue weighted by Gasteiger charge is 2.12. The molecule has 1 aromatic heterocycles. The number of carbonyl (C=O) groups excluding carboxylic acids is 1. The fraction of sp³-hybridized carbons (Fsp3) is 0.111. The zero-order valence-electron chi connectivity index (χ0n) is 12.6. The predicted molar refractivity (Wildman–Crippen MR) is 88.1 cm³/mol. The van der Waals surface area contributed by atoms with Crippen molar-refractivity contribution in [3.05, 3.63) is 59.8 Å². The highest BCUT2D eigenvalue weighted by atomic mass is 16.5. The van der Waals surface area contributed by atoms with Gasteiger partial charge in [0.25, 0.3) is 0 Å². The van der Waals surface area contributed by atoms with Crippen LogP contribution in [0.15, 0.2) is 48.5 Å². The fourth-order valence-corrected chi connectivity index (χ4v) is 2.43. The number of aromatic hydroxyl groups is 1. The van der Waals surface area contributed by atoms with Crippen LogP contribution >= 0.6 is 0 Å². The molecule has 3 rings (SSSR count). The van der Waals surface area contributed by atoms with Gasteiger partial charge in [0.15, 0.2) is 5.69 Å². The average Bonchev–Trinajstić information content (AvgIpc) is 2.60. The molecule has 0 unspecified atom stereocenters. The molecule has 0 radical (unpaired) electrons. The van der Waals surface area contributed by atoms with E-state index in [-0.39, 0.29) is 11.4 Å². The topological polar surface area (TPSA) is 85.4 Å². The molecule has 1 heterocycles. The highest BCUT2D eigenvalue weighted by molar-refractivity contribution is 5.95. The third-order valence-corrected chi connectivity index (χ3v) is 3.70. The van der Waals surface area contributed by atoms with Crippen molar-refractivity contribution < 1.29 is 14.6 Å². The monoisotopic (exact) mass is 308 g/mol. The van der Waals surface area contributed by atoms with Gasteiger partial charge in [-0.15, -0.1) is 0 Å². The normalized spacial score (nSPS) is 10.7. The molecule has 0 aliphatic carbocycles. The van der Waals surface area contributed by atoms with Gasteiger partial charge in [-0.2, -0.15) is 0 Å². The SMILES string of the molecule is COC(=O)c1cc(O)c2cc(-c3ccc(CN)cc3)ccc2n1. The number of rotatable bonds is 3. The van der Waals surface area contributed by atoms with Crippen molar-refractivity contribution in [2.45, 2.75) is 6.54 Å². The quantitative estimate of drug-likeness (QED) is 0.727. The summed E-state index contributed by atoms with van der Waals surface area (Å²) < 4.78 is 4.63. The van der Waals surface area contributed by atoms with Crippen LogP contribution in [0, 0.1) is 0 Å². The second kappa shape index (κ2) is 6.06. The molecule has 0 saturated heterocycles. The molecule has 0 bridgehead atoms. The third kappa shape index (κ3) is 2.86. The Morgan fingerprint density at radius 2 is 1.83 bits per heavy atom. The number of hydrogen-bond acceptors (Lipinski definition) is 5. The number of ether oxygens (including phenoxy) is 1. The van der Waals surface area contributed by atoms with Crippen LogP contribution in [0.2, 0.25) is 0 Å². The van der Waals surface area contributed by atoms with Crippen molar-refractivity contribution in [1.82, 2.24) is 4.98 Å². The maximum absolute atomic E-state index is 11.6. The van der Waals surface area contributed by atoms with Gasteiger partial charge in [-0.25, -0.2) is 9.78 Å². The van der Waals surface area contributed by atoms with E-state index in [1.54, 1.807) is 6.07 Å². The molecule has 0 aliphatic heterocycles. The Hall–Kier alpha value is -2.92. The van der Waals surface area contributed by atoms with Crippen molar-refractivity contribution in [3.8, 4) is 16.9 Å². The van der Waals surface area contributed by atoms with E-state index >= 15 is 0 Å². The van der Waals surface area contributed by atoms with Crippen molar-refractivity contribution in [3.63, 3.8) is 0 Å². The molecule has 0 fully saturated rings. The van der Waals surface area contributed by atoms with E-state index in [4.69, 9.17) is 5.73 Å². The summed E-state index contributed by atoms with van der Waals surface area (Å²) in [6, 6.07) is 14.7. The van der Waals surface area contributed by atoms with Gasteiger partial charge in [-0.05, 0) is 28.8 Å². The first-order valence-corrected chi connectivity index (χ1v) is 7.14. The van der Waals surface area contributed by atoms with Crippen LogP contribution in [-0.2, 0) is 11.3 Å². The number of esters is 1. The summed E-state index contributed by atoms with van der Waals surface area (Å²) in [5.74, 6) is -0.584. The molecule has 3 aromatic rings. The number of nitrogens with zero attached hydrogens (tertiary/aromatic N) is 1. The largest absolute Gasteiger partial charge is 0.507 e. The Kier molecular flexibility index (Phi) is 3.95. The first kappa shape index (κ1) is 15.0. The second-order valence-corrected chi connectivity index (χ2v) is 5.15. The smallest absolute Gasteiger partial charge is 0.356 e. The molecule has 0 amide bonds. The fourth-order valence-electron chi connectivity index (χ4n) is 2.43. The van der Waals surface area contributed by atoms with Crippen LogP contribution in [0.5, 0.6) is 5.75 Å². The van der Waals surface area contributed by atoms with Gasteiger partial charge in [-0.3, -0.25) is 0 Å². The Balaban J connectivity index is 2.08. The summed E-state index contributed by atoms with van der Waals surface area (Å²) >= 11 is 0. The molecule has 0 saturated carbocycles. The van der Waals surface area contributed by atoms with Crippen LogP contribution in [0.4, 0.5) is 0 Å². The Labute approximate surface area is 133 Å². The molecule has 0 aliphatic rings. The predicted octanol–water partition coefficient (Wildman–Crippen LogP) is 2.85. The van der Waals surface area contributed by atoms with E-state index in [0.29, 0.717) is 17.4 Å². The van der Waals surface area contributed by atoms with Crippen molar-refractivity contribution in [1.29, 1.82) is 0 Å². The summed E-state index contributed by atoms with van der Waals surface area (Å²) in [5.41, 5.74) is 9.24. The summed E-state index contributed by atoms with van der Waals surface area (Å²) in [4.78, 5) is 15.8. The molecule has 5 nitrogen and oxygen atoms in total. The lowest BCUT2D eigenvalue weighted by atomic mass is 10.0. The standard InChI is InChI=1S/C18H16N2O3/c1-23-18(22)16-9-17(21)14-8-13(6-7-15(14)20-16)12-4-2-11(10-19)3-5-12/h2-9H,10,19H2,1H3,(H,20,21). The van der Waals surface area contributed by atoms with E-state index in [1.165, 1.54) is 13.2 Å². The number of hydrogen-bond donors (Lipinski definition) is 2. The van der Waals surface area contributed by atoms with Crippen molar-refractivity contribution in [2.75, 3.05) is 7.11 Å². The van der Waals surface area contributed by atoms with Gasteiger partial charge >= 0.3 is 5.97 Å². The van der Waals surface area contributed by atoms with Crippen molar-refractivity contribution in [2.24, 2.45) is 5.73 Å². The number of pyridine rings is 1. The van der Waals surface area contributed by atoms with Gasteiger partial charge in [0, 0.05) is 18.0 Å². The average molecular weight is 308 g/mol.